The predicted octanol–water partition coefficient (Wildman–Crippen LogP) is 2.39. The van der Waals surface area contributed by atoms with Crippen LogP contribution in [0.15, 0.2) is 18.2 Å². The number of nitrogens with one attached hydrogen (secondary N) is 1. The third kappa shape index (κ3) is 5.39. The summed E-state index contributed by atoms with van der Waals surface area (Å²) >= 11 is 5.83. The second-order valence-electron chi connectivity index (χ2n) is 4.97. The van der Waals surface area contributed by atoms with E-state index in [1.807, 2.05) is 6.07 Å². The number of halogens is 4. The predicted molar refractivity (Wildman–Crippen MR) is 79.0 cm³/mol. The molecule has 0 heterocycles. The number of amides is 1. The molecule has 0 spiro atoms. The summed E-state index contributed by atoms with van der Waals surface area (Å²) in [6.07, 6.45) is -7.28. The van der Waals surface area contributed by atoms with Crippen molar-refractivity contribution < 1.29 is 23.1 Å². The highest BCUT2D eigenvalue weighted by molar-refractivity contribution is 6.32. The van der Waals surface area contributed by atoms with Gasteiger partial charge in [-0.15, -0.1) is 0 Å². The zero-order valence-corrected chi connectivity index (χ0v) is 13.1. The number of anilines is 1. The summed E-state index contributed by atoms with van der Waals surface area (Å²) < 4.78 is 37.0. The first-order valence-electron chi connectivity index (χ1n) is 6.51. The lowest BCUT2D eigenvalue weighted by atomic mass is 10.2. The minimum absolute atomic E-state index is 0.152. The number of nitriles is 1. The summed E-state index contributed by atoms with van der Waals surface area (Å²) in [5, 5.41) is 20.4. The van der Waals surface area contributed by atoms with Crippen molar-refractivity contribution in [2.75, 3.05) is 18.9 Å². The van der Waals surface area contributed by atoms with Gasteiger partial charge in [-0.1, -0.05) is 11.6 Å². The lowest BCUT2D eigenvalue weighted by molar-refractivity contribution is -0.208. The Kier molecular flexibility index (Phi) is 6.38. The molecule has 5 nitrogen and oxygen atoms in total. The van der Waals surface area contributed by atoms with Crippen molar-refractivity contribution in [2.45, 2.75) is 25.2 Å². The minimum atomic E-state index is -4.74. The Labute approximate surface area is 136 Å². The topological polar surface area (TPSA) is 76.4 Å². The van der Waals surface area contributed by atoms with Gasteiger partial charge in [-0.3, -0.25) is 9.69 Å². The van der Waals surface area contributed by atoms with Gasteiger partial charge in [0.25, 0.3) is 0 Å². The molecular formula is C14H15ClF3N3O2. The van der Waals surface area contributed by atoms with E-state index in [1.165, 1.54) is 32.2 Å². The summed E-state index contributed by atoms with van der Waals surface area (Å²) in [4.78, 5) is 13.1. The third-order valence-electron chi connectivity index (χ3n) is 3.24. The number of aliphatic hydroxyl groups is 1. The molecule has 1 rings (SSSR count). The summed E-state index contributed by atoms with van der Waals surface area (Å²) in [6, 6.07) is 5.19. The maximum Gasteiger partial charge on any atom is 0.415 e. The number of carbonyl (C=O) groups excluding carboxylic acids is 1. The molecule has 2 N–H and O–H groups in total. The van der Waals surface area contributed by atoms with Crippen LogP contribution in [0, 0.1) is 11.3 Å². The molecule has 0 aliphatic rings. The zero-order chi connectivity index (χ0) is 17.8. The van der Waals surface area contributed by atoms with Crippen molar-refractivity contribution in [1.82, 2.24) is 4.90 Å². The van der Waals surface area contributed by atoms with Gasteiger partial charge >= 0.3 is 6.18 Å². The van der Waals surface area contributed by atoms with Crippen LogP contribution >= 0.6 is 11.6 Å². The number of hydrogen-bond acceptors (Lipinski definition) is 4. The monoisotopic (exact) mass is 349 g/mol. The average molecular weight is 350 g/mol. The van der Waals surface area contributed by atoms with Crippen LogP contribution in [0.1, 0.15) is 12.5 Å². The molecule has 1 aromatic rings. The van der Waals surface area contributed by atoms with Crippen molar-refractivity contribution in [3.63, 3.8) is 0 Å². The van der Waals surface area contributed by atoms with E-state index in [9.17, 15) is 18.0 Å². The van der Waals surface area contributed by atoms with Gasteiger partial charge in [0.15, 0.2) is 6.10 Å². The van der Waals surface area contributed by atoms with Gasteiger partial charge in [-0.25, -0.2) is 0 Å². The molecule has 2 unspecified atom stereocenters. The van der Waals surface area contributed by atoms with Gasteiger partial charge in [0.05, 0.1) is 16.6 Å². The van der Waals surface area contributed by atoms with Crippen molar-refractivity contribution in [3.05, 3.63) is 28.8 Å². The van der Waals surface area contributed by atoms with E-state index in [1.54, 1.807) is 0 Å². The third-order valence-corrected chi connectivity index (χ3v) is 3.55. The molecule has 0 saturated heterocycles. The van der Waals surface area contributed by atoms with Gasteiger partial charge < -0.3 is 10.4 Å². The quantitative estimate of drug-likeness (QED) is 0.855. The SMILES string of the molecule is CC(C(=O)Nc1ccc(C#N)c(Cl)c1)N(C)CC(O)C(F)(F)F. The first kappa shape index (κ1) is 19.2. The smallest absolute Gasteiger partial charge is 0.382 e. The second-order valence-corrected chi connectivity index (χ2v) is 5.38. The largest absolute Gasteiger partial charge is 0.415 e. The van der Waals surface area contributed by atoms with Gasteiger partial charge in [-0.05, 0) is 32.2 Å². The summed E-state index contributed by atoms with van der Waals surface area (Å²) in [7, 11) is 1.30. The molecule has 0 aromatic heterocycles. The highest BCUT2D eigenvalue weighted by Gasteiger charge is 2.39. The molecule has 1 amide bonds. The van der Waals surface area contributed by atoms with E-state index < -0.39 is 30.8 Å². The van der Waals surface area contributed by atoms with Crippen molar-refractivity contribution >= 4 is 23.2 Å². The fourth-order valence-electron chi connectivity index (χ4n) is 1.66. The van der Waals surface area contributed by atoms with Crippen LogP contribution in [0.3, 0.4) is 0 Å². The van der Waals surface area contributed by atoms with E-state index in [4.69, 9.17) is 22.0 Å². The lowest BCUT2D eigenvalue weighted by Gasteiger charge is -2.27. The van der Waals surface area contributed by atoms with Crippen molar-refractivity contribution in [2.24, 2.45) is 0 Å². The fourth-order valence-corrected chi connectivity index (χ4v) is 1.89. The van der Waals surface area contributed by atoms with Crippen molar-refractivity contribution in [1.29, 1.82) is 5.26 Å². The van der Waals surface area contributed by atoms with Crippen LogP contribution < -0.4 is 5.32 Å². The Morgan fingerprint density at radius 3 is 2.61 bits per heavy atom. The number of hydrogen-bond donors (Lipinski definition) is 2. The van der Waals surface area contributed by atoms with E-state index in [-0.39, 0.29) is 10.6 Å². The average Bonchev–Trinajstić information content (AvgIpc) is 2.45. The van der Waals surface area contributed by atoms with Gasteiger partial charge in [-0.2, -0.15) is 18.4 Å². The highest BCUT2D eigenvalue weighted by Crippen LogP contribution is 2.22. The minimum Gasteiger partial charge on any atom is -0.382 e. The molecule has 23 heavy (non-hydrogen) atoms. The number of rotatable bonds is 5. The Bertz CT molecular complexity index is 616. The molecule has 0 radical (unpaired) electrons. The maximum absolute atomic E-state index is 12.3. The van der Waals surface area contributed by atoms with Gasteiger partial charge in [0, 0.05) is 12.2 Å². The summed E-state index contributed by atoms with van der Waals surface area (Å²) in [6.45, 7) is 0.676. The fraction of sp³-hybridized carbons (Fsp3) is 0.429. The van der Waals surface area contributed by atoms with Crippen molar-refractivity contribution in [3.8, 4) is 6.07 Å². The molecule has 0 aliphatic carbocycles. The van der Waals surface area contributed by atoms with E-state index in [0.29, 0.717) is 5.69 Å². The Morgan fingerprint density at radius 1 is 1.52 bits per heavy atom. The van der Waals surface area contributed by atoms with E-state index in [0.717, 1.165) is 4.90 Å². The molecule has 9 heteroatoms. The van der Waals surface area contributed by atoms with Crippen LogP contribution in [0.5, 0.6) is 0 Å². The zero-order valence-electron chi connectivity index (χ0n) is 12.4. The molecule has 0 saturated carbocycles. The highest BCUT2D eigenvalue weighted by atomic mass is 35.5. The van der Waals surface area contributed by atoms with Crippen LogP contribution in [-0.2, 0) is 4.79 Å². The molecule has 0 bridgehead atoms. The van der Waals surface area contributed by atoms with Crippen LogP contribution in [0.4, 0.5) is 18.9 Å². The second kappa shape index (κ2) is 7.64. The Balaban J connectivity index is 2.70. The number of nitrogens with zero attached hydrogens (tertiary/aromatic N) is 2. The first-order valence-corrected chi connectivity index (χ1v) is 6.89. The van der Waals surface area contributed by atoms with E-state index in [2.05, 4.69) is 5.32 Å². The number of carbonyl (C=O) groups is 1. The molecule has 126 valence electrons. The van der Waals surface area contributed by atoms with Gasteiger partial charge in [0.2, 0.25) is 5.91 Å². The molecular weight excluding hydrogens is 335 g/mol. The Morgan fingerprint density at radius 2 is 2.13 bits per heavy atom. The number of benzene rings is 1. The van der Waals surface area contributed by atoms with Crippen LogP contribution in [-0.4, -0.2) is 47.8 Å². The Hall–Kier alpha value is -1.82. The molecule has 0 aliphatic heterocycles. The normalized spacial score (nSPS) is 14.2. The first-order chi connectivity index (χ1) is 10.6. The number of likely N-dealkylation sites (N-methyl/N-ethyl adjacent to an activating group) is 1. The molecule has 2 atom stereocenters. The number of aliphatic hydroxyl groups excluding tert-OH is 1. The van der Waals surface area contributed by atoms with Crippen LogP contribution in [0.2, 0.25) is 5.02 Å². The van der Waals surface area contributed by atoms with Crippen LogP contribution in [0.25, 0.3) is 0 Å². The molecule has 1 aromatic carbocycles. The van der Waals surface area contributed by atoms with E-state index >= 15 is 0 Å². The lowest BCUT2D eigenvalue weighted by Crippen LogP contribution is -2.46. The van der Waals surface area contributed by atoms with Gasteiger partial charge in [0.1, 0.15) is 6.07 Å². The summed E-state index contributed by atoms with van der Waals surface area (Å²) in [5.74, 6) is -0.567. The number of alkyl halides is 3. The standard InChI is InChI=1S/C14H15ClF3N3O2/c1-8(21(2)7-12(22)14(16,17)18)13(23)20-10-4-3-9(6-19)11(15)5-10/h3-5,8,12,22H,7H2,1-2H3,(H,20,23). The maximum atomic E-state index is 12.3. The molecule has 0 fully saturated rings. The summed E-state index contributed by atoms with van der Waals surface area (Å²) in [5.41, 5.74) is 0.554.